The quantitative estimate of drug-likeness (QED) is 0.664. The lowest BCUT2D eigenvalue weighted by Gasteiger charge is -2.08. The first-order chi connectivity index (χ1) is 9.60. The molecule has 3 aromatic rings. The van der Waals surface area contributed by atoms with Crippen molar-refractivity contribution in [1.82, 2.24) is 14.5 Å². The Balaban J connectivity index is 2.19. The lowest BCUT2D eigenvalue weighted by atomic mass is 10.1. The molecule has 20 heavy (non-hydrogen) atoms. The zero-order valence-corrected chi connectivity index (χ0v) is 12.6. The molecule has 0 aliphatic rings. The highest BCUT2D eigenvalue weighted by Crippen LogP contribution is 2.22. The van der Waals surface area contributed by atoms with Crippen LogP contribution in [0.1, 0.15) is 22.4 Å². The summed E-state index contributed by atoms with van der Waals surface area (Å²) >= 11 is 5.88. The van der Waals surface area contributed by atoms with Crippen molar-refractivity contribution >= 4 is 22.6 Å². The number of benzene rings is 1. The van der Waals surface area contributed by atoms with Crippen LogP contribution in [0.3, 0.4) is 0 Å². The van der Waals surface area contributed by atoms with Crippen molar-refractivity contribution in [2.45, 2.75) is 26.7 Å². The standard InChI is InChI=1S/C16H16ClN3/c1-10-6-14-15(7-11(10)2)20(9-18-14)16-5-4-13(8-17)12(3)19-16/h4-7,9H,8H2,1-3H3. The molecule has 0 amide bonds. The average Bonchev–Trinajstić information content (AvgIpc) is 2.82. The first-order valence-corrected chi connectivity index (χ1v) is 7.11. The zero-order valence-electron chi connectivity index (χ0n) is 11.8. The Kier molecular flexibility index (Phi) is 3.22. The summed E-state index contributed by atoms with van der Waals surface area (Å²) in [5.41, 5.74) is 6.61. The smallest absolute Gasteiger partial charge is 0.138 e. The molecule has 102 valence electrons. The van der Waals surface area contributed by atoms with Crippen LogP contribution in [0, 0.1) is 20.8 Å². The van der Waals surface area contributed by atoms with Crippen molar-refractivity contribution in [3.63, 3.8) is 0 Å². The Morgan fingerprint density at radius 1 is 1.10 bits per heavy atom. The third-order valence-electron chi connectivity index (χ3n) is 3.73. The van der Waals surface area contributed by atoms with Gasteiger partial charge in [0, 0.05) is 11.6 Å². The summed E-state index contributed by atoms with van der Waals surface area (Å²) in [7, 11) is 0. The fraction of sp³-hybridized carbons (Fsp3) is 0.250. The number of pyridine rings is 1. The van der Waals surface area contributed by atoms with Gasteiger partial charge < -0.3 is 0 Å². The summed E-state index contributed by atoms with van der Waals surface area (Å²) in [5, 5.41) is 0. The molecule has 0 saturated carbocycles. The number of rotatable bonds is 2. The number of hydrogen-bond donors (Lipinski definition) is 0. The monoisotopic (exact) mass is 285 g/mol. The predicted octanol–water partition coefficient (Wildman–Crippen LogP) is 4.08. The number of halogens is 1. The second kappa shape index (κ2) is 4.91. The maximum Gasteiger partial charge on any atom is 0.138 e. The van der Waals surface area contributed by atoms with Crippen LogP contribution < -0.4 is 0 Å². The van der Waals surface area contributed by atoms with Crippen LogP contribution in [-0.2, 0) is 5.88 Å². The van der Waals surface area contributed by atoms with E-state index in [4.69, 9.17) is 11.6 Å². The molecular weight excluding hydrogens is 270 g/mol. The minimum Gasteiger partial charge on any atom is -0.283 e. The SMILES string of the molecule is Cc1cc2ncn(-c3ccc(CCl)c(C)n3)c2cc1C. The van der Waals surface area contributed by atoms with Crippen molar-refractivity contribution in [3.8, 4) is 5.82 Å². The second-order valence-corrected chi connectivity index (χ2v) is 5.35. The second-order valence-electron chi connectivity index (χ2n) is 5.09. The van der Waals surface area contributed by atoms with Crippen molar-refractivity contribution < 1.29 is 0 Å². The Bertz CT molecular complexity index is 790. The molecule has 0 saturated heterocycles. The van der Waals surface area contributed by atoms with Gasteiger partial charge in [-0.1, -0.05) is 6.07 Å². The molecule has 0 fully saturated rings. The van der Waals surface area contributed by atoms with Crippen LogP contribution in [0.25, 0.3) is 16.9 Å². The van der Waals surface area contributed by atoms with E-state index in [1.807, 2.05) is 30.0 Å². The number of aromatic nitrogens is 3. The average molecular weight is 286 g/mol. The van der Waals surface area contributed by atoms with Crippen LogP contribution >= 0.6 is 11.6 Å². The molecule has 0 aliphatic carbocycles. The number of hydrogen-bond acceptors (Lipinski definition) is 2. The third kappa shape index (κ3) is 2.08. The number of imidazole rings is 1. The minimum atomic E-state index is 0.488. The van der Waals surface area contributed by atoms with E-state index < -0.39 is 0 Å². The van der Waals surface area contributed by atoms with Gasteiger partial charge in [-0.3, -0.25) is 4.57 Å². The van der Waals surface area contributed by atoms with E-state index in [1.165, 1.54) is 11.1 Å². The fourth-order valence-electron chi connectivity index (χ4n) is 2.30. The molecule has 0 atom stereocenters. The summed E-state index contributed by atoms with van der Waals surface area (Å²) in [6.45, 7) is 6.20. The summed E-state index contributed by atoms with van der Waals surface area (Å²) < 4.78 is 2.02. The van der Waals surface area contributed by atoms with Gasteiger partial charge in [-0.05, 0) is 55.7 Å². The van der Waals surface area contributed by atoms with Crippen molar-refractivity contribution in [2.75, 3.05) is 0 Å². The summed E-state index contributed by atoms with van der Waals surface area (Å²) in [4.78, 5) is 9.09. The van der Waals surface area contributed by atoms with Gasteiger partial charge in [-0.25, -0.2) is 9.97 Å². The molecule has 4 heteroatoms. The largest absolute Gasteiger partial charge is 0.283 e. The number of alkyl halides is 1. The highest BCUT2D eigenvalue weighted by molar-refractivity contribution is 6.17. The van der Waals surface area contributed by atoms with Gasteiger partial charge in [0.25, 0.3) is 0 Å². The van der Waals surface area contributed by atoms with Crippen LogP contribution in [0.4, 0.5) is 0 Å². The van der Waals surface area contributed by atoms with E-state index in [1.54, 1.807) is 0 Å². The number of fused-ring (bicyclic) bond motifs is 1. The Morgan fingerprint density at radius 3 is 2.55 bits per heavy atom. The van der Waals surface area contributed by atoms with Gasteiger partial charge in [-0.2, -0.15) is 0 Å². The first kappa shape index (κ1) is 13.1. The van der Waals surface area contributed by atoms with E-state index >= 15 is 0 Å². The minimum absolute atomic E-state index is 0.488. The number of aryl methyl sites for hydroxylation is 3. The van der Waals surface area contributed by atoms with Gasteiger partial charge >= 0.3 is 0 Å². The van der Waals surface area contributed by atoms with Gasteiger partial charge in [-0.15, -0.1) is 11.6 Å². The molecular formula is C16H16ClN3. The summed E-state index contributed by atoms with van der Waals surface area (Å²) in [5.74, 6) is 1.37. The predicted molar refractivity (Wildman–Crippen MR) is 82.6 cm³/mol. The van der Waals surface area contributed by atoms with Crippen LogP contribution in [0.2, 0.25) is 0 Å². The molecule has 0 radical (unpaired) electrons. The lowest BCUT2D eigenvalue weighted by molar-refractivity contribution is 0.987. The molecule has 0 aliphatic heterocycles. The fourth-order valence-corrected chi connectivity index (χ4v) is 2.58. The molecule has 0 bridgehead atoms. The first-order valence-electron chi connectivity index (χ1n) is 6.57. The van der Waals surface area contributed by atoms with Crippen molar-refractivity contribution in [1.29, 1.82) is 0 Å². The third-order valence-corrected chi connectivity index (χ3v) is 4.02. The molecule has 3 rings (SSSR count). The highest BCUT2D eigenvalue weighted by atomic mass is 35.5. The normalized spacial score (nSPS) is 11.2. The maximum absolute atomic E-state index is 5.88. The number of nitrogens with zero attached hydrogens (tertiary/aromatic N) is 3. The molecule has 2 aromatic heterocycles. The summed E-state index contributed by atoms with van der Waals surface area (Å²) in [6, 6.07) is 8.28. The lowest BCUT2D eigenvalue weighted by Crippen LogP contribution is -1.99. The molecule has 0 spiro atoms. The molecule has 3 nitrogen and oxygen atoms in total. The van der Waals surface area contributed by atoms with Crippen molar-refractivity contribution in [3.05, 3.63) is 53.0 Å². The topological polar surface area (TPSA) is 30.7 Å². The van der Waals surface area contributed by atoms with Gasteiger partial charge in [0.05, 0.1) is 11.0 Å². The van der Waals surface area contributed by atoms with E-state index in [0.29, 0.717) is 5.88 Å². The van der Waals surface area contributed by atoms with Crippen LogP contribution in [0.15, 0.2) is 30.6 Å². The molecule has 0 N–H and O–H groups in total. The Hall–Kier alpha value is -1.87. The highest BCUT2D eigenvalue weighted by Gasteiger charge is 2.09. The molecule has 1 aromatic carbocycles. The Morgan fingerprint density at radius 2 is 1.85 bits per heavy atom. The van der Waals surface area contributed by atoms with Crippen molar-refractivity contribution in [2.24, 2.45) is 0 Å². The van der Waals surface area contributed by atoms with Gasteiger partial charge in [0.15, 0.2) is 0 Å². The molecule has 0 unspecified atom stereocenters. The zero-order chi connectivity index (χ0) is 14.3. The summed E-state index contributed by atoms with van der Waals surface area (Å²) in [6.07, 6.45) is 1.83. The van der Waals surface area contributed by atoms with Crippen LogP contribution in [-0.4, -0.2) is 14.5 Å². The van der Waals surface area contributed by atoms with E-state index in [0.717, 1.165) is 28.1 Å². The Labute approximate surface area is 123 Å². The van der Waals surface area contributed by atoms with E-state index in [9.17, 15) is 0 Å². The molecule has 2 heterocycles. The van der Waals surface area contributed by atoms with E-state index in [2.05, 4.69) is 35.9 Å². The van der Waals surface area contributed by atoms with Crippen LogP contribution in [0.5, 0.6) is 0 Å². The van der Waals surface area contributed by atoms with E-state index in [-0.39, 0.29) is 0 Å². The maximum atomic E-state index is 5.88. The van der Waals surface area contributed by atoms with Gasteiger partial charge in [0.2, 0.25) is 0 Å². The van der Waals surface area contributed by atoms with Gasteiger partial charge in [0.1, 0.15) is 12.1 Å².